The largest absolute Gasteiger partial charge is 0.450 e. The van der Waals surface area contributed by atoms with Crippen molar-refractivity contribution in [1.29, 1.82) is 0 Å². The highest BCUT2D eigenvalue weighted by atomic mass is 19.4. The molecule has 7 heteroatoms. The summed E-state index contributed by atoms with van der Waals surface area (Å²) in [5.74, 6) is -0.993. The van der Waals surface area contributed by atoms with Crippen molar-refractivity contribution >= 4 is 22.4 Å². The van der Waals surface area contributed by atoms with Gasteiger partial charge in [0.2, 0.25) is 5.82 Å². The summed E-state index contributed by atoms with van der Waals surface area (Å²) in [6, 6.07) is 10.6. The number of nitrogens with zero attached hydrogens (tertiary/aromatic N) is 2. The zero-order chi connectivity index (χ0) is 15.2. The number of alkyl halides is 3. The Balaban J connectivity index is 2.35. The second-order valence-corrected chi connectivity index (χ2v) is 4.61. The molecule has 0 aliphatic rings. The number of benzene rings is 2. The van der Waals surface area contributed by atoms with Gasteiger partial charge in [-0.3, -0.25) is 4.57 Å². The molecule has 2 aromatic carbocycles. The van der Waals surface area contributed by atoms with Gasteiger partial charge in [-0.25, -0.2) is 4.98 Å². The van der Waals surface area contributed by atoms with Gasteiger partial charge in [0.1, 0.15) is 0 Å². The van der Waals surface area contributed by atoms with Crippen LogP contribution in [-0.2, 0) is 6.18 Å². The minimum Gasteiger partial charge on any atom is -0.399 e. The molecule has 0 fully saturated rings. The van der Waals surface area contributed by atoms with Crippen LogP contribution in [0.15, 0.2) is 42.5 Å². The number of hydrogen-bond donors (Lipinski definition) is 2. The fraction of sp³-hybridized carbons (Fsp3) is 0.0714. The van der Waals surface area contributed by atoms with E-state index >= 15 is 0 Å². The highest BCUT2D eigenvalue weighted by Gasteiger charge is 2.38. The van der Waals surface area contributed by atoms with Gasteiger partial charge >= 0.3 is 6.18 Å². The van der Waals surface area contributed by atoms with Gasteiger partial charge in [0.25, 0.3) is 0 Å². The van der Waals surface area contributed by atoms with Crippen LogP contribution in [0.2, 0.25) is 0 Å². The maximum atomic E-state index is 13.2. The summed E-state index contributed by atoms with van der Waals surface area (Å²) < 4.78 is 40.7. The van der Waals surface area contributed by atoms with Gasteiger partial charge in [-0.2, -0.15) is 13.2 Å². The molecule has 4 nitrogen and oxygen atoms in total. The molecular weight excluding hydrogens is 281 g/mol. The maximum Gasteiger partial charge on any atom is 0.450 e. The molecule has 0 unspecified atom stereocenters. The van der Waals surface area contributed by atoms with Gasteiger partial charge in [0, 0.05) is 17.1 Å². The zero-order valence-electron chi connectivity index (χ0n) is 10.7. The van der Waals surface area contributed by atoms with Crippen LogP contribution < -0.4 is 11.5 Å². The summed E-state index contributed by atoms with van der Waals surface area (Å²) in [6.07, 6.45) is -4.57. The molecular formula is C14H11F3N4. The number of fused-ring (bicyclic) bond motifs is 1. The van der Waals surface area contributed by atoms with Gasteiger partial charge < -0.3 is 11.5 Å². The number of aromatic nitrogens is 2. The smallest absolute Gasteiger partial charge is 0.399 e. The quantitative estimate of drug-likeness (QED) is 0.677. The van der Waals surface area contributed by atoms with Crippen LogP contribution in [0.3, 0.4) is 0 Å². The van der Waals surface area contributed by atoms with E-state index < -0.39 is 12.0 Å². The third-order valence-electron chi connectivity index (χ3n) is 3.08. The Morgan fingerprint density at radius 1 is 0.905 bits per heavy atom. The van der Waals surface area contributed by atoms with E-state index in [1.165, 1.54) is 30.3 Å². The molecule has 1 heterocycles. The molecule has 0 radical (unpaired) electrons. The van der Waals surface area contributed by atoms with Crippen molar-refractivity contribution in [2.24, 2.45) is 0 Å². The third kappa shape index (κ3) is 2.26. The normalized spacial score (nSPS) is 12.0. The van der Waals surface area contributed by atoms with Crippen molar-refractivity contribution in [1.82, 2.24) is 9.55 Å². The average Bonchev–Trinajstić information content (AvgIpc) is 2.78. The predicted molar refractivity (Wildman–Crippen MR) is 74.9 cm³/mol. The topological polar surface area (TPSA) is 69.9 Å². The number of anilines is 2. The van der Waals surface area contributed by atoms with Crippen LogP contribution in [0, 0.1) is 0 Å². The second kappa shape index (κ2) is 4.41. The van der Waals surface area contributed by atoms with Crippen molar-refractivity contribution in [2.45, 2.75) is 6.18 Å². The lowest BCUT2D eigenvalue weighted by molar-refractivity contribution is -0.145. The first-order valence-corrected chi connectivity index (χ1v) is 6.07. The van der Waals surface area contributed by atoms with E-state index in [4.69, 9.17) is 11.5 Å². The molecule has 0 amide bonds. The Labute approximate surface area is 117 Å². The van der Waals surface area contributed by atoms with E-state index in [2.05, 4.69) is 4.98 Å². The van der Waals surface area contributed by atoms with Gasteiger partial charge in [0.05, 0.1) is 11.0 Å². The summed E-state index contributed by atoms with van der Waals surface area (Å²) in [4.78, 5) is 3.67. The zero-order valence-corrected chi connectivity index (χ0v) is 10.7. The summed E-state index contributed by atoms with van der Waals surface area (Å²) in [7, 11) is 0. The Morgan fingerprint density at radius 3 is 2.14 bits per heavy atom. The molecule has 0 spiro atoms. The molecule has 3 rings (SSSR count). The molecule has 0 atom stereocenters. The average molecular weight is 292 g/mol. The highest BCUT2D eigenvalue weighted by molar-refractivity contribution is 5.81. The predicted octanol–water partition coefficient (Wildman–Crippen LogP) is 3.21. The molecule has 4 N–H and O–H groups in total. The summed E-state index contributed by atoms with van der Waals surface area (Å²) in [6.45, 7) is 0. The van der Waals surface area contributed by atoms with E-state index in [0.29, 0.717) is 22.6 Å². The fourth-order valence-corrected chi connectivity index (χ4v) is 2.17. The molecule has 21 heavy (non-hydrogen) atoms. The summed E-state index contributed by atoms with van der Waals surface area (Å²) >= 11 is 0. The number of nitrogens with two attached hydrogens (primary N) is 2. The molecule has 1 aromatic heterocycles. The van der Waals surface area contributed by atoms with E-state index in [1.54, 1.807) is 12.1 Å². The van der Waals surface area contributed by atoms with Crippen molar-refractivity contribution in [3.8, 4) is 5.69 Å². The SMILES string of the molecule is Nc1ccc(-n2c(C(F)(F)F)nc3cc(N)ccc32)cc1. The van der Waals surface area contributed by atoms with Crippen LogP contribution in [0.4, 0.5) is 24.5 Å². The second-order valence-electron chi connectivity index (χ2n) is 4.61. The lowest BCUT2D eigenvalue weighted by Crippen LogP contribution is -2.13. The van der Waals surface area contributed by atoms with Gasteiger partial charge in [0.15, 0.2) is 0 Å². The van der Waals surface area contributed by atoms with Crippen LogP contribution in [-0.4, -0.2) is 9.55 Å². The monoisotopic (exact) mass is 292 g/mol. The fourth-order valence-electron chi connectivity index (χ4n) is 2.17. The van der Waals surface area contributed by atoms with Gasteiger partial charge in [-0.1, -0.05) is 0 Å². The first-order chi connectivity index (χ1) is 9.86. The van der Waals surface area contributed by atoms with E-state index in [9.17, 15) is 13.2 Å². The number of imidazole rings is 1. The molecule has 0 bridgehead atoms. The minimum atomic E-state index is -4.57. The minimum absolute atomic E-state index is 0.194. The van der Waals surface area contributed by atoms with Crippen molar-refractivity contribution in [3.05, 3.63) is 48.3 Å². The highest BCUT2D eigenvalue weighted by Crippen LogP contribution is 2.34. The lowest BCUT2D eigenvalue weighted by atomic mass is 10.2. The number of nitrogen functional groups attached to an aromatic ring is 2. The standard InChI is InChI=1S/C14H11F3N4/c15-14(16,17)13-20-11-7-9(19)3-6-12(11)21(13)10-4-1-8(18)2-5-10/h1-7H,18-19H2. The van der Waals surface area contributed by atoms with Crippen molar-refractivity contribution in [3.63, 3.8) is 0 Å². The molecule has 0 aliphatic carbocycles. The van der Waals surface area contributed by atoms with Crippen LogP contribution >= 0.6 is 0 Å². The summed E-state index contributed by atoms with van der Waals surface area (Å²) in [5.41, 5.74) is 12.9. The Bertz CT molecular complexity index is 803. The molecule has 3 aromatic rings. The Hall–Kier alpha value is -2.70. The first-order valence-electron chi connectivity index (χ1n) is 6.07. The number of hydrogen-bond acceptors (Lipinski definition) is 3. The molecule has 0 saturated carbocycles. The van der Waals surface area contributed by atoms with E-state index in [-0.39, 0.29) is 5.52 Å². The lowest BCUT2D eigenvalue weighted by Gasteiger charge is -2.11. The van der Waals surface area contributed by atoms with Crippen LogP contribution in [0.25, 0.3) is 16.7 Å². The van der Waals surface area contributed by atoms with E-state index in [0.717, 1.165) is 4.57 Å². The van der Waals surface area contributed by atoms with Gasteiger partial charge in [-0.05, 0) is 42.5 Å². The van der Waals surface area contributed by atoms with E-state index in [1.807, 2.05) is 0 Å². The first kappa shape index (κ1) is 13.3. The third-order valence-corrected chi connectivity index (χ3v) is 3.08. The Kier molecular flexibility index (Phi) is 2.79. The van der Waals surface area contributed by atoms with Crippen LogP contribution in [0.1, 0.15) is 5.82 Å². The van der Waals surface area contributed by atoms with Crippen LogP contribution in [0.5, 0.6) is 0 Å². The molecule has 108 valence electrons. The van der Waals surface area contributed by atoms with Crippen molar-refractivity contribution in [2.75, 3.05) is 11.5 Å². The van der Waals surface area contributed by atoms with Gasteiger partial charge in [-0.15, -0.1) is 0 Å². The molecule has 0 aliphatic heterocycles. The number of rotatable bonds is 1. The maximum absolute atomic E-state index is 13.2. The summed E-state index contributed by atoms with van der Waals surface area (Å²) in [5, 5.41) is 0. The Morgan fingerprint density at radius 2 is 1.52 bits per heavy atom. The van der Waals surface area contributed by atoms with Crippen molar-refractivity contribution < 1.29 is 13.2 Å². The number of halogens is 3. The molecule has 0 saturated heterocycles.